The molecule has 2 atom stereocenters. The Hall–Kier alpha value is -0.610. The van der Waals surface area contributed by atoms with Crippen LogP contribution in [0.1, 0.15) is 33.1 Å². The summed E-state index contributed by atoms with van der Waals surface area (Å²) in [6, 6.07) is 0.325. The van der Waals surface area contributed by atoms with Gasteiger partial charge in [0.2, 0.25) is 0 Å². The van der Waals surface area contributed by atoms with E-state index in [-0.39, 0.29) is 12.0 Å². The topological polar surface area (TPSA) is 41.6 Å². The molecule has 0 radical (unpaired) electrons. The highest BCUT2D eigenvalue weighted by atomic mass is 16.5. The third-order valence-corrected chi connectivity index (χ3v) is 2.56. The minimum atomic E-state index is -0.110. The van der Waals surface area contributed by atoms with E-state index in [9.17, 15) is 4.79 Å². The smallest absolute Gasteiger partial charge is 0.324 e. The fourth-order valence-electron chi connectivity index (χ4n) is 1.88. The molecule has 1 aliphatic heterocycles. The minimum absolute atomic E-state index is 0.105. The Morgan fingerprint density at radius 3 is 2.86 bits per heavy atom. The van der Waals surface area contributed by atoms with Crippen molar-refractivity contribution >= 4 is 5.97 Å². The molecular formula is C10H20N2O2. The molecule has 0 saturated carbocycles. The third kappa shape index (κ3) is 2.69. The Kier molecular flexibility index (Phi) is 4.35. The van der Waals surface area contributed by atoms with E-state index in [1.165, 1.54) is 0 Å². The van der Waals surface area contributed by atoms with Gasteiger partial charge in [0.1, 0.15) is 6.04 Å². The SMILES string of the molecule is CCCC1CC(C(=O)OCC)N(C)N1. The van der Waals surface area contributed by atoms with Gasteiger partial charge in [-0.2, -0.15) is 0 Å². The van der Waals surface area contributed by atoms with Crippen LogP contribution in [-0.4, -0.2) is 36.7 Å². The van der Waals surface area contributed by atoms with Gasteiger partial charge in [-0.25, -0.2) is 5.01 Å². The Morgan fingerprint density at radius 1 is 1.57 bits per heavy atom. The summed E-state index contributed by atoms with van der Waals surface area (Å²) in [5, 5.41) is 1.87. The fourth-order valence-corrected chi connectivity index (χ4v) is 1.88. The van der Waals surface area contributed by atoms with E-state index in [2.05, 4.69) is 12.3 Å². The molecule has 1 saturated heterocycles. The summed E-state index contributed by atoms with van der Waals surface area (Å²) >= 11 is 0. The zero-order chi connectivity index (χ0) is 10.6. The van der Waals surface area contributed by atoms with Crippen molar-refractivity contribution in [3.05, 3.63) is 0 Å². The molecular weight excluding hydrogens is 180 g/mol. The molecule has 1 fully saturated rings. The molecule has 1 N–H and O–H groups in total. The van der Waals surface area contributed by atoms with Crippen molar-refractivity contribution in [1.29, 1.82) is 0 Å². The van der Waals surface area contributed by atoms with Gasteiger partial charge in [0, 0.05) is 13.1 Å². The van der Waals surface area contributed by atoms with Gasteiger partial charge in [-0.3, -0.25) is 10.2 Å². The van der Waals surface area contributed by atoms with Crippen LogP contribution in [0.25, 0.3) is 0 Å². The first-order chi connectivity index (χ1) is 6.69. The molecule has 82 valence electrons. The van der Waals surface area contributed by atoms with Crippen LogP contribution < -0.4 is 5.43 Å². The monoisotopic (exact) mass is 200 g/mol. The molecule has 14 heavy (non-hydrogen) atoms. The van der Waals surface area contributed by atoms with Crippen molar-refractivity contribution in [2.75, 3.05) is 13.7 Å². The van der Waals surface area contributed by atoms with E-state index < -0.39 is 0 Å². The number of rotatable bonds is 4. The molecule has 0 amide bonds. The summed E-state index contributed by atoms with van der Waals surface area (Å²) in [5.74, 6) is -0.110. The van der Waals surface area contributed by atoms with Gasteiger partial charge >= 0.3 is 5.97 Å². The molecule has 1 heterocycles. The molecule has 1 rings (SSSR count). The number of hydrogen-bond donors (Lipinski definition) is 1. The molecule has 2 unspecified atom stereocenters. The first-order valence-electron chi connectivity index (χ1n) is 5.34. The van der Waals surface area contributed by atoms with Gasteiger partial charge < -0.3 is 4.74 Å². The van der Waals surface area contributed by atoms with E-state index in [0.29, 0.717) is 12.6 Å². The second-order valence-corrected chi connectivity index (χ2v) is 3.73. The lowest BCUT2D eigenvalue weighted by Gasteiger charge is -2.16. The van der Waals surface area contributed by atoms with Crippen molar-refractivity contribution in [2.24, 2.45) is 0 Å². The number of carbonyl (C=O) groups is 1. The lowest BCUT2D eigenvalue weighted by Crippen LogP contribution is -2.40. The second-order valence-electron chi connectivity index (χ2n) is 3.73. The number of nitrogens with one attached hydrogen (secondary N) is 1. The first kappa shape index (κ1) is 11.5. The van der Waals surface area contributed by atoms with Gasteiger partial charge in [-0.15, -0.1) is 0 Å². The molecule has 0 aromatic carbocycles. The van der Waals surface area contributed by atoms with Gasteiger partial charge in [-0.05, 0) is 19.8 Å². The summed E-state index contributed by atoms with van der Waals surface area (Å²) in [5.41, 5.74) is 3.28. The molecule has 4 heteroatoms. The predicted molar refractivity (Wildman–Crippen MR) is 54.6 cm³/mol. The normalized spacial score (nSPS) is 27.9. The molecule has 0 bridgehead atoms. The summed E-state index contributed by atoms with van der Waals surface area (Å²) < 4.78 is 5.00. The average Bonchev–Trinajstić information content (AvgIpc) is 2.48. The molecule has 0 aromatic rings. The summed E-state index contributed by atoms with van der Waals surface area (Å²) in [6.45, 7) is 4.45. The number of hydrogen-bond acceptors (Lipinski definition) is 4. The maximum absolute atomic E-state index is 11.5. The summed E-state index contributed by atoms with van der Waals surface area (Å²) in [4.78, 5) is 11.5. The highest BCUT2D eigenvalue weighted by Gasteiger charge is 2.34. The Labute approximate surface area is 85.6 Å². The van der Waals surface area contributed by atoms with Crippen LogP contribution in [0.4, 0.5) is 0 Å². The molecule has 1 aliphatic rings. The standard InChI is InChI=1S/C10H20N2O2/c1-4-6-8-7-9(12(3)11-8)10(13)14-5-2/h8-9,11H,4-7H2,1-3H3. The van der Waals surface area contributed by atoms with E-state index in [1.54, 1.807) is 0 Å². The zero-order valence-corrected chi connectivity index (χ0v) is 9.25. The lowest BCUT2D eigenvalue weighted by molar-refractivity contribution is -0.148. The summed E-state index contributed by atoms with van der Waals surface area (Å²) in [6.07, 6.45) is 3.12. The quantitative estimate of drug-likeness (QED) is 0.685. The van der Waals surface area contributed by atoms with Crippen LogP contribution in [-0.2, 0) is 9.53 Å². The average molecular weight is 200 g/mol. The Balaban J connectivity index is 2.43. The fraction of sp³-hybridized carbons (Fsp3) is 0.900. The Morgan fingerprint density at radius 2 is 2.29 bits per heavy atom. The maximum Gasteiger partial charge on any atom is 0.324 e. The molecule has 4 nitrogen and oxygen atoms in total. The first-order valence-corrected chi connectivity index (χ1v) is 5.34. The second kappa shape index (κ2) is 5.32. The number of hydrazine groups is 1. The molecule has 0 aliphatic carbocycles. The van der Waals surface area contributed by atoms with Gasteiger partial charge in [-0.1, -0.05) is 13.3 Å². The van der Waals surface area contributed by atoms with Gasteiger partial charge in [0.25, 0.3) is 0 Å². The van der Waals surface area contributed by atoms with E-state index in [1.807, 2.05) is 19.0 Å². The van der Waals surface area contributed by atoms with E-state index in [0.717, 1.165) is 19.3 Å². The van der Waals surface area contributed by atoms with Crippen molar-refractivity contribution in [1.82, 2.24) is 10.4 Å². The van der Waals surface area contributed by atoms with E-state index in [4.69, 9.17) is 4.74 Å². The number of carbonyl (C=O) groups excluding carboxylic acids is 1. The van der Waals surface area contributed by atoms with Gasteiger partial charge in [0.05, 0.1) is 6.61 Å². The van der Waals surface area contributed by atoms with Crippen LogP contribution in [0.5, 0.6) is 0 Å². The third-order valence-electron chi connectivity index (χ3n) is 2.56. The van der Waals surface area contributed by atoms with Crippen LogP contribution in [0.2, 0.25) is 0 Å². The van der Waals surface area contributed by atoms with E-state index >= 15 is 0 Å². The predicted octanol–water partition coefficient (Wildman–Crippen LogP) is 0.927. The van der Waals surface area contributed by atoms with Crippen molar-refractivity contribution in [3.63, 3.8) is 0 Å². The van der Waals surface area contributed by atoms with Crippen LogP contribution >= 0.6 is 0 Å². The Bertz CT molecular complexity index is 197. The van der Waals surface area contributed by atoms with Gasteiger partial charge in [0.15, 0.2) is 0 Å². The maximum atomic E-state index is 11.5. The largest absolute Gasteiger partial charge is 0.465 e. The highest BCUT2D eigenvalue weighted by Crippen LogP contribution is 2.17. The molecule has 0 spiro atoms. The number of esters is 1. The summed E-state index contributed by atoms with van der Waals surface area (Å²) in [7, 11) is 1.90. The lowest BCUT2D eigenvalue weighted by atomic mass is 10.1. The minimum Gasteiger partial charge on any atom is -0.465 e. The highest BCUT2D eigenvalue weighted by molar-refractivity contribution is 5.76. The molecule has 0 aromatic heterocycles. The van der Waals surface area contributed by atoms with Crippen LogP contribution in [0.15, 0.2) is 0 Å². The number of likely N-dealkylation sites (N-methyl/N-ethyl adjacent to an activating group) is 1. The number of ether oxygens (including phenoxy) is 1. The van der Waals surface area contributed by atoms with Crippen molar-refractivity contribution in [3.8, 4) is 0 Å². The van der Waals surface area contributed by atoms with Crippen molar-refractivity contribution in [2.45, 2.75) is 45.2 Å². The number of nitrogens with zero attached hydrogens (tertiary/aromatic N) is 1. The zero-order valence-electron chi connectivity index (χ0n) is 9.25. The van der Waals surface area contributed by atoms with Crippen molar-refractivity contribution < 1.29 is 9.53 Å². The van der Waals surface area contributed by atoms with Crippen LogP contribution in [0, 0.1) is 0 Å². The van der Waals surface area contributed by atoms with Crippen LogP contribution in [0.3, 0.4) is 0 Å².